The number of hydrogen-bond acceptors (Lipinski definition) is 8. The van der Waals surface area contributed by atoms with Gasteiger partial charge in [-0.3, -0.25) is 15.1 Å². The van der Waals surface area contributed by atoms with Crippen LogP contribution in [0.5, 0.6) is 5.75 Å². The lowest BCUT2D eigenvalue weighted by atomic mass is 10.1. The topological polar surface area (TPSA) is 93.1 Å². The first-order valence-electron chi connectivity index (χ1n) is 11.7. The zero-order valence-corrected chi connectivity index (χ0v) is 20.0. The van der Waals surface area contributed by atoms with Gasteiger partial charge in [-0.2, -0.15) is 5.10 Å². The Bertz CT molecular complexity index is 1230. The van der Waals surface area contributed by atoms with Gasteiger partial charge in [0.05, 0.1) is 11.1 Å². The molecule has 8 nitrogen and oxygen atoms in total. The van der Waals surface area contributed by atoms with Gasteiger partial charge in [-0.25, -0.2) is 9.37 Å². The Morgan fingerprint density at radius 3 is 2.77 bits per heavy atom. The summed E-state index contributed by atoms with van der Waals surface area (Å²) in [6.45, 7) is 5.18. The van der Waals surface area contributed by atoms with E-state index in [2.05, 4.69) is 37.8 Å². The third-order valence-electron chi connectivity index (χ3n) is 6.14. The number of aromatic hydroxyl groups is 1. The zero-order valence-electron chi connectivity index (χ0n) is 19.2. The molecule has 0 saturated carbocycles. The third kappa shape index (κ3) is 5.44. The van der Waals surface area contributed by atoms with Crippen LogP contribution in [-0.2, 0) is 0 Å². The van der Waals surface area contributed by atoms with E-state index in [-0.39, 0.29) is 11.1 Å². The first-order valence-corrected chi connectivity index (χ1v) is 12.5. The van der Waals surface area contributed by atoms with E-state index in [0.717, 1.165) is 42.7 Å². The normalized spacial score (nSPS) is 16.3. The molecule has 1 aromatic heterocycles. The van der Waals surface area contributed by atoms with Gasteiger partial charge in [0.25, 0.3) is 5.91 Å². The van der Waals surface area contributed by atoms with Crippen LogP contribution in [0.1, 0.15) is 28.8 Å². The smallest absolute Gasteiger partial charge is 0.257 e. The van der Waals surface area contributed by atoms with E-state index in [1.807, 2.05) is 17.1 Å². The molecule has 3 N–H and O–H groups in total. The SMILES string of the molecule is O=C(Nc1ncc(-c2cccc(N3CCCC3)c2)s1)c1cc(F)c(O)c(C=NN2CCNCC2)c1. The largest absolute Gasteiger partial charge is 0.504 e. The fraction of sp³-hybridized carbons (Fsp3) is 0.320. The molecule has 0 aliphatic carbocycles. The van der Waals surface area contributed by atoms with Crippen LogP contribution in [0.15, 0.2) is 47.7 Å². The Kier molecular flexibility index (Phi) is 6.91. The van der Waals surface area contributed by atoms with Crippen molar-refractivity contribution >= 4 is 34.3 Å². The Hall–Kier alpha value is -3.50. The average molecular weight is 495 g/mol. The third-order valence-corrected chi connectivity index (χ3v) is 7.10. The quantitative estimate of drug-likeness (QED) is 0.452. The lowest BCUT2D eigenvalue weighted by Crippen LogP contribution is -2.40. The zero-order chi connectivity index (χ0) is 24.2. The predicted octanol–water partition coefficient (Wildman–Crippen LogP) is 3.75. The molecule has 5 rings (SSSR count). The lowest BCUT2D eigenvalue weighted by molar-refractivity contribution is 0.102. The number of piperazine rings is 1. The number of carbonyl (C=O) groups is 1. The van der Waals surface area contributed by atoms with Crippen molar-refractivity contribution < 1.29 is 14.3 Å². The minimum atomic E-state index is -0.877. The molecule has 0 spiro atoms. The van der Waals surface area contributed by atoms with Crippen LogP contribution in [0.2, 0.25) is 0 Å². The van der Waals surface area contributed by atoms with Gasteiger partial charge in [-0.15, -0.1) is 0 Å². The van der Waals surface area contributed by atoms with E-state index >= 15 is 0 Å². The van der Waals surface area contributed by atoms with Crippen molar-refractivity contribution in [3.63, 3.8) is 0 Å². The maximum Gasteiger partial charge on any atom is 0.257 e. The van der Waals surface area contributed by atoms with E-state index in [4.69, 9.17) is 0 Å². The Labute approximate surface area is 207 Å². The number of aromatic nitrogens is 1. The van der Waals surface area contributed by atoms with Crippen LogP contribution in [0, 0.1) is 5.82 Å². The molecular formula is C25H27FN6O2S. The number of nitrogens with zero attached hydrogens (tertiary/aromatic N) is 4. The van der Waals surface area contributed by atoms with Crippen molar-refractivity contribution in [2.24, 2.45) is 5.10 Å². The molecule has 3 aromatic rings. The highest BCUT2D eigenvalue weighted by Gasteiger charge is 2.17. The molecule has 2 aliphatic rings. The fourth-order valence-corrected chi connectivity index (χ4v) is 5.04. The molecule has 10 heteroatoms. The van der Waals surface area contributed by atoms with E-state index in [1.54, 1.807) is 6.20 Å². The number of anilines is 2. The Morgan fingerprint density at radius 2 is 1.97 bits per heavy atom. The average Bonchev–Trinajstić information content (AvgIpc) is 3.58. The summed E-state index contributed by atoms with van der Waals surface area (Å²) in [5.74, 6) is -1.92. The second-order valence-corrected chi connectivity index (χ2v) is 9.60. The molecule has 0 unspecified atom stereocenters. The molecule has 182 valence electrons. The minimum absolute atomic E-state index is 0.0786. The van der Waals surface area contributed by atoms with Crippen LogP contribution >= 0.6 is 11.3 Å². The summed E-state index contributed by atoms with van der Waals surface area (Å²) in [6.07, 6.45) is 5.53. The standard InChI is InChI=1S/C25H27FN6O2S/c26-21-14-18(12-19(23(21)33)15-29-32-10-6-27-7-11-32)24(34)30-25-28-16-22(35-25)17-4-3-5-20(13-17)31-8-1-2-9-31/h3-5,12-16,27,33H,1-2,6-11H2,(H,28,30,34). The first kappa shape index (κ1) is 23.3. The van der Waals surface area contributed by atoms with Gasteiger partial charge in [0.2, 0.25) is 0 Å². The van der Waals surface area contributed by atoms with Gasteiger partial charge in [0.15, 0.2) is 16.7 Å². The van der Waals surface area contributed by atoms with E-state index in [0.29, 0.717) is 18.2 Å². The van der Waals surface area contributed by atoms with Crippen LogP contribution in [0.25, 0.3) is 10.4 Å². The maximum atomic E-state index is 14.4. The monoisotopic (exact) mass is 494 g/mol. The van der Waals surface area contributed by atoms with Crippen molar-refractivity contribution in [2.75, 3.05) is 49.5 Å². The van der Waals surface area contributed by atoms with Crippen LogP contribution in [-0.4, -0.2) is 66.5 Å². The minimum Gasteiger partial charge on any atom is -0.504 e. The molecule has 0 atom stereocenters. The molecule has 2 fully saturated rings. The molecule has 3 heterocycles. The van der Waals surface area contributed by atoms with Crippen molar-refractivity contribution in [3.05, 3.63) is 59.5 Å². The molecule has 0 radical (unpaired) electrons. The van der Waals surface area contributed by atoms with Gasteiger partial charge in [0.1, 0.15) is 0 Å². The van der Waals surface area contributed by atoms with Crippen molar-refractivity contribution in [1.82, 2.24) is 15.3 Å². The highest BCUT2D eigenvalue weighted by molar-refractivity contribution is 7.19. The van der Waals surface area contributed by atoms with Gasteiger partial charge in [-0.1, -0.05) is 23.5 Å². The van der Waals surface area contributed by atoms with Gasteiger partial charge < -0.3 is 15.3 Å². The van der Waals surface area contributed by atoms with Gasteiger partial charge >= 0.3 is 0 Å². The molecule has 2 aliphatic heterocycles. The molecule has 0 bridgehead atoms. The molecule has 35 heavy (non-hydrogen) atoms. The number of phenols is 1. The van der Waals surface area contributed by atoms with E-state index in [1.165, 1.54) is 42.1 Å². The summed E-state index contributed by atoms with van der Waals surface area (Å²) >= 11 is 1.36. The second kappa shape index (κ2) is 10.4. The van der Waals surface area contributed by atoms with E-state index in [9.17, 15) is 14.3 Å². The fourth-order valence-electron chi connectivity index (χ4n) is 4.23. The van der Waals surface area contributed by atoms with Crippen LogP contribution in [0.3, 0.4) is 0 Å². The molecule has 2 saturated heterocycles. The van der Waals surface area contributed by atoms with Crippen molar-refractivity contribution in [1.29, 1.82) is 0 Å². The molecular weight excluding hydrogens is 467 g/mol. The summed E-state index contributed by atoms with van der Waals surface area (Å²) in [5.41, 5.74) is 2.45. The Balaban J connectivity index is 1.30. The van der Waals surface area contributed by atoms with Gasteiger partial charge in [-0.05, 0) is 42.7 Å². The number of hydrogen-bond donors (Lipinski definition) is 3. The predicted molar refractivity (Wildman–Crippen MR) is 137 cm³/mol. The highest BCUT2D eigenvalue weighted by Crippen LogP contribution is 2.32. The summed E-state index contributed by atoms with van der Waals surface area (Å²) < 4.78 is 14.4. The second-order valence-electron chi connectivity index (χ2n) is 8.57. The number of thiazole rings is 1. The number of carbonyl (C=O) groups excluding carboxylic acids is 1. The number of hydrazone groups is 1. The summed E-state index contributed by atoms with van der Waals surface area (Å²) in [6, 6.07) is 10.8. The first-order chi connectivity index (χ1) is 17.1. The number of benzene rings is 2. The van der Waals surface area contributed by atoms with E-state index < -0.39 is 17.5 Å². The van der Waals surface area contributed by atoms with Crippen LogP contribution < -0.4 is 15.5 Å². The number of amides is 1. The summed E-state index contributed by atoms with van der Waals surface area (Å²) in [5, 5.41) is 22.6. The lowest BCUT2D eigenvalue weighted by Gasteiger charge is -2.24. The highest BCUT2D eigenvalue weighted by atomic mass is 32.1. The summed E-state index contributed by atoms with van der Waals surface area (Å²) in [7, 11) is 0. The number of nitrogens with one attached hydrogen (secondary N) is 2. The molecule has 1 amide bonds. The van der Waals surface area contributed by atoms with Crippen LogP contribution in [0.4, 0.5) is 15.2 Å². The number of rotatable bonds is 6. The number of halogens is 1. The van der Waals surface area contributed by atoms with Crippen molar-refractivity contribution in [2.45, 2.75) is 12.8 Å². The van der Waals surface area contributed by atoms with Gasteiger partial charge in [0, 0.05) is 62.3 Å². The Morgan fingerprint density at radius 1 is 1.17 bits per heavy atom. The number of phenolic OH excluding ortho intramolecular Hbond substituents is 1. The van der Waals surface area contributed by atoms with Crippen molar-refractivity contribution in [3.8, 4) is 16.2 Å². The molecule has 2 aromatic carbocycles. The summed E-state index contributed by atoms with van der Waals surface area (Å²) in [4.78, 5) is 20.5. The maximum absolute atomic E-state index is 14.4.